The number of rotatable bonds is 6. The molecule has 3 heterocycles. The van der Waals surface area contributed by atoms with Crippen LogP contribution >= 0.6 is 19.2 Å². The van der Waals surface area contributed by atoms with Gasteiger partial charge in [-0.1, -0.05) is 0 Å². The Bertz CT molecular complexity index is 972. The van der Waals surface area contributed by atoms with Gasteiger partial charge < -0.3 is 34.8 Å². The van der Waals surface area contributed by atoms with Gasteiger partial charge in [-0.15, -0.1) is 0 Å². The third-order valence-electron chi connectivity index (χ3n) is 4.25. The maximum Gasteiger partial charge on any atom is 0.426 e. The number of aromatic nitrogens is 4. The third-order valence-corrected chi connectivity index (χ3v) is 5.47. The molecule has 0 amide bonds. The lowest BCUT2D eigenvalue weighted by Crippen LogP contribution is -2.38. The molecule has 0 unspecified atom stereocenters. The van der Waals surface area contributed by atoms with Crippen LogP contribution in [0.3, 0.4) is 0 Å². The van der Waals surface area contributed by atoms with Gasteiger partial charge in [-0.3, -0.25) is 9.13 Å². The first-order valence-electron chi connectivity index (χ1n) is 8.17. The van der Waals surface area contributed by atoms with Crippen LogP contribution < -0.4 is 5.32 Å². The minimum atomic E-state index is -5.70. The first-order valence-corrected chi connectivity index (χ1v) is 10.2. The molecule has 5 N–H and O–H groups in total. The second kappa shape index (κ2) is 8.16. The molecule has 1 aliphatic rings. The molecule has 168 valence electrons. The van der Waals surface area contributed by atoms with E-state index in [1.165, 1.54) is 10.9 Å². The number of fused-ring (bicyclic) bond motifs is 1. The van der Waals surface area contributed by atoms with Crippen LogP contribution in [0.15, 0.2) is 6.33 Å². The summed E-state index contributed by atoms with van der Waals surface area (Å²) in [5.41, 5.74) is 0.339. The van der Waals surface area contributed by atoms with E-state index >= 15 is 0 Å². The lowest BCUT2D eigenvalue weighted by molar-refractivity contribution is -0.206. The summed E-state index contributed by atoms with van der Waals surface area (Å²) < 4.78 is 60.4. The molecule has 0 spiro atoms. The fraction of sp³-hybridized carbons (Fsp3) is 0.615. The molecule has 30 heavy (non-hydrogen) atoms. The topological polar surface area (TPSA) is 172 Å². The van der Waals surface area contributed by atoms with E-state index in [4.69, 9.17) is 26.1 Å². The standard InChI is InChI=1S/C13H16ClF3N5O7P/c1-18-8-5-9(21-12(14)20-8)22(3-19-5)10-7(24)6(23)4(29-10)2-28-11(13(15,16)17)30(25,26)27/h3-4,6-7,10-11,23-24H,2H2,1H3,(H,18,20,21)(H2,25,26,27)/t4-,6+,7-,10-,11+/m1/s1. The highest BCUT2D eigenvalue weighted by Gasteiger charge is 2.53. The summed E-state index contributed by atoms with van der Waals surface area (Å²) in [5, 5.41) is 23.0. The third kappa shape index (κ3) is 4.38. The Labute approximate surface area is 170 Å². The Morgan fingerprint density at radius 1 is 1.37 bits per heavy atom. The van der Waals surface area contributed by atoms with Gasteiger partial charge in [-0.2, -0.15) is 23.1 Å². The second-order valence-corrected chi connectivity index (χ2v) is 8.26. The highest BCUT2D eigenvalue weighted by atomic mass is 35.5. The van der Waals surface area contributed by atoms with Gasteiger partial charge in [0.1, 0.15) is 18.3 Å². The summed E-state index contributed by atoms with van der Waals surface area (Å²) in [7, 11) is -4.15. The van der Waals surface area contributed by atoms with Gasteiger partial charge in [0.05, 0.1) is 12.9 Å². The maximum atomic E-state index is 12.8. The maximum absolute atomic E-state index is 12.8. The van der Waals surface area contributed by atoms with Crippen LogP contribution in [0.2, 0.25) is 5.28 Å². The van der Waals surface area contributed by atoms with Gasteiger partial charge in [0.2, 0.25) is 5.28 Å². The van der Waals surface area contributed by atoms with Crippen LogP contribution in [-0.2, 0) is 14.0 Å². The smallest absolute Gasteiger partial charge is 0.387 e. The molecule has 12 nitrogen and oxygen atoms in total. The zero-order valence-electron chi connectivity index (χ0n) is 14.9. The lowest BCUT2D eigenvalue weighted by Gasteiger charge is -2.23. The average Bonchev–Trinajstić information content (AvgIpc) is 3.14. The number of ether oxygens (including phenoxy) is 2. The molecule has 0 bridgehead atoms. The summed E-state index contributed by atoms with van der Waals surface area (Å²) in [6, 6.07) is 0. The molecule has 1 fully saturated rings. The number of aliphatic hydroxyl groups excluding tert-OH is 2. The first-order chi connectivity index (χ1) is 13.8. The molecular weight excluding hydrogens is 462 g/mol. The van der Waals surface area contributed by atoms with Crippen LogP contribution in [0.1, 0.15) is 6.23 Å². The number of aliphatic hydroxyl groups is 2. The molecule has 5 atom stereocenters. The largest absolute Gasteiger partial charge is 0.426 e. The van der Waals surface area contributed by atoms with E-state index in [1.54, 1.807) is 7.05 Å². The zero-order chi connectivity index (χ0) is 22.4. The van der Waals surface area contributed by atoms with E-state index in [2.05, 4.69) is 25.0 Å². The van der Waals surface area contributed by atoms with E-state index in [-0.39, 0.29) is 22.3 Å². The number of nitrogens with one attached hydrogen (secondary N) is 1. The Morgan fingerprint density at radius 2 is 2.03 bits per heavy atom. The molecule has 0 aliphatic carbocycles. The number of hydrogen-bond donors (Lipinski definition) is 5. The van der Waals surface area contributed by atoms with Crippen molar-refractivity contribution in [2.75, 3.05) is 19.0 Å². The summed E-state index contributed by atoms with van der Waals surface area (Å²) in [5.74, 6) is -3.15. The van der Waals surface area contributed by atoms with E-state index in [9.17, 15) is 27.9 Å². The van der Waals surface area contributed by atoms with Crippen LogP contribution in [0.4, 0.5) is 19.0 Å². The van der Waals surface area contributed by atoms with Crippen molar-refractivity contribution in [2.45, 2.75) is 36.6 Å². The molecule has 1 saturated heterocycles. The molecule has 2 aromatic rings. The summed E-state index contributed by atoms with van der Waals surface area (Å²) in [4.78, 5) is 29.7. The molecule has 2 aromatic heterocycles. The van der Waals surface area contributed by atoms with Crippen molar-refractivity contribution in [3.8, 4) is 0 Å². The van der Waals surface area contributed by atoms with Gasteiger partial charge in [0, 0.05) is 7.05 Å². The summed E-state index contributed by atoms with van der Waals surface area (Å²) >= 11 is 5.85. The number of anilines is 1. The van der Waals surface area contributed by atoms with E-state index in [0.29, 0.717) is 0 Å². The van der Waals surface area contributed by atoms with Crippen molar-refractivity contribution in [3.05, 3.63) is 11.6 Å². The number of nitrogens with zero attached hydrogens (tertiary/aromatic N) is 4. The summed E-state index contributed by atoms with van der Waals surface area (Å²) in [6.07, 6.45) is -10.5. The number of alkyl halides is 3. The fourth-order valence-electron chi connectivity index (χ4n) is 2.92. The average molecular weight is 478 g/mol. The van der Waals surface area contributed by atoms with E-state index in [1.807, 2.05) is 0 Å². The first kappa shape index (κ1) is 23.1. The number of hydrogen-bond acceptors (Lipinski definition) is 9. The molecule has 0 saturated carbocycles. The predicted octanol–water partition coefficient (Wildman–Crippen LogP) is 0.223. The monoisotopic (exact) mass is 477 g/mol. The van der Waals surface area contributed by atoms with E-state index in [0.717, 1.165) is 0 Å². The minimum Gasteiger partial charge on any atom is -0.387 e. The summed E-state index contributed by atoms with van der Waals surface area (Å²) in [6.45, 7) is -1.06. The normalized spacial score (nSPS) is 26.3. The number of halogens is 4. The Morgan fingerprint density at radius 3 is 2.60 bits per heavy atom. The molecule has 1 aliphatic heterocycles. The fourth-order valence-corrected chi connectivity index (χ4v) is 3.74. The van der Waals surface area contributed by atoms with Gasteiger partial charge in [0.15, 0.2) is 23.2 Å². The van der Waals surface area contributed by atoms with Crippen LogP contribution in [-0.4, -0.2) is 83.5 Å². The quantitative estimate of drug-likeness (QED) is 0.284. The molecule has 3 rings (SSSR count). The minimum absolute atomic E-state index is 0.0977. The highest BCUT2D eigenvalue weighted by Crippen LogP contribution is 2.50. The second-order valence-electron chi connectivity index (χ2n) is 6.28. The van der Waals surface area contributed by atoms with Gasteiger partial charge in [-0.05, 0) is 11.6 Å². The van der Waals surface area contributed by atoms with Crippen molar-refractivity contribution in [2.24, 2.45) is 0 Å². The molecule has 17 heteroatoms. The zero-order valence-corrected chi connectivity index (χ0v) is 16.6. The van der Waals surface area contributed by atoms with Crippen LogP contribution in [0.25, 0.3) is 11.2 Å². The SMILES string of the molecule is CNc1nc(Cl)nc2c1ncn2[C@@H]1O[C@H](CO[C@H](C(F)(F)F)P(=O)(O)O)[C@H](O)[C@H]1O. The van der Waals surface area contributed by atoms with Gasteiger partial charge in [0.25, 0.3) is 5.85 Å². The highest BCUT2D eigenvalue weighted by molar-refractivity contribution is 7.52. The molecule has 0 aromatic carbocycles. The van der Waals surface area contributed by atoms with Crippen molar-refractivity contribution >= 4 is 36.2 Å². The van der Waals surface area contributed by atoms with E-state index < -0.39 is 50.8 Å². The van der Waals surface area contributed by atoms with Crippen LogP contribution in [0, 0.1) is 0 Å². The van der Waals surface area contributed by atoms with Crippen LogP contribution in [0.5, 0.6) is 0 Å². The predicted molar refractivity (Wildman–Crippen MR) is 93.6 cm³/mol. The lowest BCUT2D eigenvalue weighted by atomic mass is 10.1. The van der Waals surface area contributed by atoms with Crippen molar-refractivity contribution in [1.82, 2.24) is 19.5 Å². The molecule has 0 radical (unpaired) electrons. The van der Waals surface area contributed by atoms with Crippen molar-refractivity contribution in [1.29, 1.82) is 0 Å². The van der Waals surface area contributed by atoms with Gasteiger partial charge in [-0.25, -0.2) is 4.98 Å². The number of imidazole rings is 1. The van der Waals surface area contributed by atoms with Crippen molar-refractivity contribution in [3.63, 3.8) is 0 Å². The molecular formula is C13H16ClF3N5O7P. The Hall–Kier alpha value is -1.58. The Kier molecular flexibility index (Phi) is 6.28. The Balaban J connectivity index is 1.83. The van der Waals surface area contributed by atoms with Crippen molar-refractivity contribution < 1.29 is 47.2 Å². The van der Waals surface area contributed by atoms with Gasteiger partial charge >= 0.3 is 13.8 Å².